The summed E-state index contributed by atoms with van der Waals surface area (Å²) in [4.78, 5) is 27.0. The van der Waals surface area contributed by atoms with Crippen LogP contribution in [0.3, 0.4) is 0 Å². The molecule has 0 saturated heterocycles. The van der Waals surface area contributed by atoms with Crippen LogP contribution in [-0.2, 0) is 28.7 Å². The van der Waals surface area contributed by atoms with Crippen LogP contribution in [0.25, 0.3) is 0 Å². The van der Waals surface area contributed by atoms with Gasteiger partial charge in [0.15, 0.2) is 0 Å². The van der Waals surface area contributed by atoms with Crippen LogP contribution in [0.2, 0.25) is 0 Å². The van der Waals surface area contributed by atoms with Gasteiger partial charge in [-0.05, 0) is 48.0 Å². The first-order valence-electron chi connectivity index (χ1n) is 8.89. The van der Waals surface area contributed by atoms with Crippen molar-refractivity contribution in [3.63, 3.8) is 0 Å². The second kappa shape index (κ2) is 8.00. The van der Waals surface area contributed by atoms with E-state index in [2.05, 4.69) is 5.32 Å². The Labute approximate surface area is 168 Å². The number of benzene rings is 2. The summed E-state index contributed by atoms with van der Waals surface area (Å²) in [6.07, 6.45) is 1.52. The minimum Gasteiger partial charge on any atom is -0.467 e. The molecule has 0 bridgehead atoms. The highest BCUT2D eigenvalue weighted by Crippen LogP contribution is 2.31. The highest BCUT2D eigenvalue weighted by molar-refractivity contribution is 7.86. The molecule has 0 aliphatic carbocycles. The summed E-state index contributed by atoms with van der Waals surface area (Å²) in [6, 6.07) is 14.1. The Morgan fingerprint density at radius 3 is 2.69 bits per heavy atom. The number of halogens is 1. The fourth-order valence-electron chi connectivity index (χ4n) is 3.09. The van der Waals surface area contributed by atoms with E-state index in [9.17, 15) is 18.2 Å². The summed E-state index contributed by atoms with van der Waals surface area (Å²) in [6.45, 7) is 0.424. The molecule has 1 aromatic heterocycles. The zero-order valence-electron chi connectivity index (χ0n) is 15.3. The van der Waals surface area contributed by atoms with E-state index in [1.165, 1.54) is 23.3 Å². The van der Waals surface area contributed by atoms with E-state index in [-0.39, 0.29) is 36.5 Å². The molecular formula is C21H17FN2O4S. The van der Waals surface area contributed by atoms with Gasteiger partial charge in [0.2, 0.25) is 5.91 Å². The van der Waals surface area contributed by atoms with Crippen molar-refractivity contribution in [3.05, 3.63) is 83.6 Å². The summed E-state index contributed by atoms with van der Waals surface area (Å²) >= 11 is 0. The molecule has 0 saturated carbocycles. The lowest BCUT2D eigenvalue weighted by molar-refractivity contribution is -0.116. The third kappa shape index (κ3) is 4.12. The van der Waals surface area contributed by atoms with Crippen LogP contribution in [0.15, 0.2) is 70.2 Å². The molecule has 1 unspecified atom stereocenters. The van der Waals surface area contributed by atoms with Gasteiger partial charge in [-0.2, -0.15) is 0 Å². The average molecular weight is 412 g/mol. The third-order valence-electron chi connectivity index (χ3n) is 4.57. The van der Waals surface area contributed by atoms with E-state index in [1.54, 1.807) is 42.5 Å². The maximum Gasteiger partial charge on any atom is 0.251 e. The van der Waals surface area contributed by atoms with E-state index >= 15 is 0 Å². The molecule has 4 rings (SSSR count). The third-order valence-corrected chi connectivity index (χ3v) is 5.91. The number of carbonyl (C=O) groups excluding carboxylic acids is 2. The predicted molar refractivity (Wildman–Crippen MR) is 105 cm³/mol. The van der Waals surface area contributed by atoms with Gasteiger partial charge in [-0.1, -0.05) is 12.1 Å². The lowest BCUT2D eigenvalue weighted by Gasteiger charge is -2.29. The molecule has 1 aliphatic heterocycles. The van der Waals surface area contributed by atoms with E-state index < -0.39 is 10.8 Å². The van der Waals surface area contributed by atoms with Gasteiger partial charge >= 0.3 is 0 Å². The molecule has 3 aromatic rings. The molecule has 6 nitrogen and oxygen atoms in total. The average Bonchev–Trinajstić information content (AvgIpc) is 3.24. The van der Waals surface area contributed by atoms with Gasteiger partial charge in [-0.25, -0.2) is 4.39 Å². The smallest absolute Gasteiger partial charge is 0.251 e. The number of nitrogens with zero attached hydrogens (tertiary/aromatic N) is 1. The van der Waals surface area contributed by atoms with Gasteiger partial charge in [0.25, 0.3) is 5.91 Å². The molecule has 0 fully saturated rings. The normalized spacial score (nSPS) is 15.8. The molecule has 1 aliphatic rings. The number of amides is 2. The molecule has 0 radical (unpaired) electrons. The number of nitrogens with one attached hydrogen (secondary N) is 1. The van der Waals surface area contributed by atoms with Crippen molar-refractivity contribution in [1.29, 1.82) is 0 Å². The molecule has 2 amide bonds. The summed E-state index contributed by atoms with van der Waals surface area (Å²) in [5, 5.41) is 2.75. The maximum absolute atomic E-state index is 13.2. The van der Waals surface area contributed by atoms with Crippen molar-refractivity contribution in [3.8, 4) is 0 Å². The van der Waals surface area contributed by atoms with Gasteiger partial charge in [-0.3, -0.25) is 13.8 Å². The Bertz CT molecular complexity index is 1080. The number of furan rings is 1. The topological polar surface area (TPSA) is 79.6 Å². The molecule has 2 aromatic carbocycles. The highest BCUT2D eigenvalue weighted by Gasteiger charge is 2.30. The van der Waals surface area contributed by atoms with Crippen molar-refractivity contribution in [2.75, 3.05) is 10.7 Å². The highest BCUT2D eigenvalue weighted by atomic mass is 32.2. The van der Waals surface area contributed by atoms with E-state index in [4.69, 9.17) is 4.42 Å². The van der Waals surface area contributed by atoms with Crippen molar-refractivity contribution >= 4 is 28.3 Å². The van der Waals surface area contributed by atoms with Gasteiger partial charge in [0.1, 0.15) is 17.3 Å². The fraction of sp³-hybridized carbons (Fsp3) is 0.143. The number of fused-ring (bicyclic) bond motifs is 1. The first-order chi connectivity index (χ1) is 14.0. The van der Waals surface area contributed by atoms with Gasteiger partial charge in [0, 0.05) is 5.56 Å². The van der Waals surface area contributed by atoms with Gasteiger partial charge in [0.05, 0.1) is 40.7 Å². The lowest BCUT2D eigenvalue weighted by Crippen LogP contribution is -2.38. The first-order valence-corrected chi connectivity index (χ1v) is 10.2. The van der Waals surface area contributed by atoms with E-state index in [1.807, 2.05) is 0 Å². The summed E-state index contributed by atoms with van der Waals surface area (Å²) in [5.74, 6) is -0.526. The van der Waals surface area contributed by atoms with Crippen LogP contribution in [0.4, 0.5) is 10.1 Å². The Hall–Kier alpha value is -3.26. The van der Waals surface area contributed by atoms with Gasteiger partial charge in [-0.15, -0.1) is 0 Å². The summed E-state index contributed by atoms with van der Waals surface area (Å²) < 4.78 is 30.8. The number of rotatable bonds is 5. The molecule has 29 heavy (non-hydrogen) atoms. The zero-order valence-corrected chi connectivity index (χ0v) is 16.1. The Kier molecular flexibility index (Phi) is 5.26. The summed E-state index contributed by atoms with van der Waals surface area (Å²) in [7, 11) is -1.48. The monoisotopic (exact) mass is 412 g/mol. The standard InChI is InChI=1S/C21H17FN2O4S/c22-16-6-3-14(4-7-16)12-24-18-10-15(5-8-19(18)29(27)13-20(24)25)21(26)23-11-17-2-1-9-28-17/h1-10H,11-13H2,(H,23,26). The maximum atomic E-state index is 13.2. The molecule has 1 atom stereocenters. The predicted octanol–water partition coefficient (Wildman–Crippen LogP) is 3.00. The van der Waals surface area contributed by atoms with Gasteiger partial charge < -0.3 is 14.6 Å². The molecule has 148 valence electrons. The van der Waals surface area contributed by atoms with Crippen LogP contribution in [-0.4, -0.2) is 21.8 Å². The van der Waals surface area contributed by atoms with Crippen LogP contribution >= 0.6 is 0 Å². The fourth-order valence-corrected chi connectivity index (χ4v) is 4.25. The number of hydrogen-bond acceptors (Lipinski definition) is 4. The quantitative estimate of drug-likeness (QED) is 0.699. The van der Waals surface area contributed by atoms with E-state index in [0.717, 1.165) is 5.56 Å². The summed E-state index contributed by atoms with van der Waals surface area (Å²) in [5.41, 5.74) is 1.49. The molecule has 1 N–H and O–H groups in total. The largest absolute Gasteiger partial charge is 0.467 e. The number of hydrogen-bond donors (Lipinski definition) is 1. The molecule has 2 heterocycles. The minimum atomic E-state index is -1.48. The number of carbonyl (C=O) groups is 2. The molecule has 0 spiro atoms. The van der Waals surface area contributed by atoms with Crippen LogP contribution in [0, 0.1) is 5.82 Å². The van der Waals surface area contributed by atoms with E-state index in [0.29, 0.717) is 21.9 Å². The first kappa shape index (κ1) is 19.1. The molecule has 8 heteroatoms. The minimum absolute atomic E-state index is 0.127. The van der Waals surface area contributed by atoms with Crippen molar-refractivity contribution < 1.29 is 22.6 Å². The Balaban J connectivity index is 1.61. The Morgan fingerprint density at radius 2 is 1.97 bits per heavy atom. The second-order valence-corrected chi connectivity index (χ2v) is 7.96. The van der Waals surface area contributed by atoms with Crippen molar-refractivity contribution in [2.45, 2.75) is 18.0 Å². The Morgan fingerprint density at radius 1 is 1.17 bits per heavy atom. The lowest BCUT2D eigenvalue weighted by atomic mass is 10.1. The van der Waals surface area contributed by atoms with Crippen LogP contribution in [0.5, 0.6) is 0 Å². The van der Waals surface area contributed by atoms with Crippen LogP contribution in [0.1, 0.15) is 21.7 Å². The SMILES string of the molecule is O=C(NCc1ccco1)c1ccc2c(c1)N(Cc1ccc(F)cc1)C(=O)CS2=O. The second-order valence-electron chi connectivity index (χ2n) is 6.54. The number of anilines is 1. The van der Waals surface area contributed by atoms with Crippen molar-refractivity contribution in [2.24, 2.45) is 0 Å². The zero-order chi connectivity index (χ0) is 20.4. The van der Waals surface area contributed by atoms with Crippen LogP contribution < -0.4 is 10.2 Å². The van der Waals surface area contributed by atoms with Crippen molar-refractivity contribution in [1.82, 2.24) is 5.32 Å². The molecular weight excluding hydrogens is 395 g/mol.